The van der Waals surface area contributed by atoms with Gasteiger partial charge in [0.2, 0.25) is 5.50 Å². The monoisotopic (exact) mass is 228 g/mol. The summed E-state index contributed by atoms with van der Waals surface area (Å²) >= 11 is 0.859. The number of hydrogen-bond acceptors (Lipinski definition) is 3. The van der Waals surface area contributed by atoms with Crippen molar-refractivity contribution < 1.29 is 13.9 Å². The number of alkyl halides is 1. The lowest BCUT2D eigenvalue weighted by atomic mass is 10.2. The van der Waals surface area contributed by atoms with Crippen LogP contribution in [0, 0.1) is 6.92 Å². The van der Waals surface area contributed by atoms with Gasteiger partial charge in [-0.1, -0.05) is 29.5 Å². The van der Waals surface area contributed by atoms with E-state index in [9.17, 15) is 9.18 Å². The average molecular weight is 228 g/mol. The van der Waals surface area contributed by atoms with Crippen LogP contribution in [0.2, 0.25) is 0 Å². The zero-order chi connectivity index (χ0) is 11.3. The van der Waals surface area contributed by atoms with Gasteiger partial charge in [0.25, 0.3) is 0 Å². The van der Waals surface area contributed by atoms with Crippen LogP contribution in [0.15, 0.2) is 29.2 Å². The molecule has 4 heteroatoms. The first-order valence-corrected chi connectivity index (χ1v) is 5.55. The van der Waals surface area contributed by atoms with E-state index >= 15 is 0 Å². The molecule has 0 saturated heterocycles. The second-order valence-corrected chi connectivity index (χ2v) is 4.12. The summed E-state index contributed by atoms with van der Waals surface area (Å²) in [5, 5.41) is 0. The molecule has 0 N–H and O–H groups in total. The molecule has 1 unspecified atom stereocenters. The Morgan fingerprint density at radius 1 is 1.47 bits per heavy atom. The minimum atomic E-state index is -1.65. The summed E-state index contributed by atoms with van der Waals surface area (Å²) in [6, 6.07) is 7.32. The first-order chi connectivity index (χ1) is 7.13. The van der Waals surface area contributed by atoms with Gasteiger partial charge in [0.1, 0.15) is 0 Å². The fourth-order valence-corrected chi connectivity index (χ4v) is 1.69. The SMILES string of the molecule is CCOC(=O)C(F)Sc1ccc(C)cc1. The van der Waals surface area contributed by atoms with Gasteiger partial charge in [-0.05, 0) is 26.0 Å². The van der Waals surface area contributed by atoms with Gasteiger partial charge in [-0.2, -0.15) is 0 Å². The summed E-state index contributed by atoms with van der Waals surface area (Å²) in [4.78, 5) is 11.7. The number of carbonyl (C=O) groups excluding carboxylic acids is 1. The van der Waals surface area contributed by atoms with Crippen molar-refractivity contribution in [2.75, 3.05) is 6.61 Å². The molecule has 1 aromatic rings. The van der Waals surface area contributed by atoms with Crippen molar-refractivity contribution in [3.05, 3.63) is 29.8 Å². The number of ether oxygens (including phenoxy) is 1. The zero-order valence-electron chi connectivity index (χ0n) is 8.70. The van der Waals surface area contributed by atoms with Crippen LogP contribution in [0.4, 0.5) is 4.39 Å². The van der Waals surface area contributed by atoms with Crippen molar-refractivity contribution >= 4 is 17.7 Å². The molecule has 0 radical (unpaired) electrons. The molecule has 0 aliphatic carbocycles. The fraction of sp³-hybridized carbons (Fsp3) is 0.364. The quantitative estimate of drug-likeness (QED) is 0.585. The predicted molar refractivity (Wildman–Crippen MR) is 58.6 cm³/mol. The van der Waals surface area contributed by atoms with E-state index in [1.54, 1.807) is 19.1 Å². The Kier molecular flexibility index (Phi) is 4.62. The van der Waals surface area contributed by atoms with E-state index < -0.39 is 11.5 Å². The first-order valence-electron chi connectivity index (χ1n) is 4.67. The third-order valence-corrected chi connectivity index (χ3v) is 2.68. The molecule has 0 heterocycles. The zero-order valence-corrected chi connectivity index (χ0v) is 9.51. The summed E-state index contributed by atoms with van der Waals surface area (Å²) in [5.41, 5.74) is -0.543. The molecule has 0 amide bonds. The van der Waals surface area contributed by atoms with Gasteiger partial charge in [0, 0.05) is 4.90 Å². The normalized spacial score (nSPS) is 12.2. The van der Waals surface area contributed by atoms with E-state index in [1.807, 2.05) is 19.1 Å². The van der Waals surface area contributed by atoms with E-state index in [4.69, 9.17) is 0 Å². The Balaban J connectivity index is 2.54. The minimum Gasteiger partial charge on any atom is -0.463 e. The molecule has 0 aliphatic heterocycles. The van der Waals surface area contributed by atoms with Gasteiger partial charge < -0.3 is 4.74 Å². The number of carbonyl (C=O) groups is 1. The topological polar surface area (TPSA) is 26.3 Å². The molecular weight excluding hydrogens is 215 g/mol. The molecule has 1 atom stereocenters. The summed E-state index contributed by atoms with van der Waals surface area (Å²) in [5.74, 6) is -0.817. The van der Waals surface area contributed by atoms with E-state index in [-0.39, 0.29) is 6.61 Å². The molecule has 2 nitrogen and oxygen atoms in total. The lowest BCUT2D eigenvalue weighted by molar-refractivity contribution is -0.145. The van der Waals surface area contributed by atoms with Crippen molar-refractivity contribution in [1.29, 1.82) is 0 Å². The van der Waals surface area contributed by atoms with Crippen LogP contribution in [0.3, 0.4) is 0 Å². The summed E-state index contributed by atoms with van der Waals surface area (Å²) in [6.07, 6.45) is 0. The van der Waals surface area contributed by atoms with Crippen LogP contribution in [-0.2, 0) is 9.53 Å². The number of rotatable bonds is 4. The van der Waals surface area contributed by atoms with Crippen molar-refractivity contribution in [2.45, 2.75) is 24.2 Å². The number of benzene rings is 1. The van der Waals surface area contributed by atoms with E-state index in [0.29, 0.717) is 0 Å². The van der Waals surface area contributed by atoms with Crippen LogP contribution >= 0.6 is 11.8 Å². The van der Waals surface area contributed by atoms with Gasteiger partial charge in [-0.25, -0.2) is 9.18 Å². The molecule has 0 spiro atoms. The van der Waals surface area contributed by atoms with Gasteiger partial charge >= 0.3 is 5.97 Å². The summed E-state index contributed by atoms with van der Waals surface area (Å²) in [7, 11) is 0. The van der Waals surface area contributed by atoms with Crippen LogP contribution in [0.1, 0.15) is 12.5 Å². The number of halogens is 1. The highest BCUT2D eigenvalue weighted by molar-refractivity contribution is 8.00. The van der Waals surface area contributed by atoms with Crippen molar-refractivity contribution in [3.8, 4) is 0 Å². The molecule has 0 saturated carbocycles. The number of aryl methyl sites for hydroxylation is 1. The molecule has 0 aliphatic rings. The number of hydrogen-bond donors (Lipinski definition) is 0. The molecule has 1 aromatic carbocycles. The Labute approximate surface area is 92.8 Å². The maximum absolute atomic E-state index is 13.3. The fourth-order valence-electron chi connectivity index (χ4n) is 0.992. The van der Waals surface area contributed by atoms with Crippen molar-refractivity contribution in [1.82, 2.24) is 0 Å². The molecule has 0 fully saturated rings. The molecule has 82 valence electrons. The minimum absolute atomic E-state index is 0.202. The van der Waals surface area contributed by atoms with E-state index in [2.05, 4.69) is 4.74 Å². The number of thioether (sulfide) groups is 1. The highest BCUT2D eigenvalue weighted by Gasteiger charge is 2.19. The van der Waals surface area contributed by atoms with Gasteiger partial charge in [0.05, 0.1) is 6.61 Å². The molecule has 0 aromatic heterocycles. The standard InChI is InChI=1S/C11H13FO2S/c1-3-14-11(13)10(12)15-9-6-4-8(2)5-7-9/h4-7,10H,3H2,1-2H3. The number of esters is 1. The Morgan fingerprint density at radius 3 is 2.60 bits per heavy atom. The van der Waals surface area contributed by atoms with E-state index in [1.165, 1.54) is 0 Å². The second-order valence-electron chi connectivity index (χ2n) is 3.00. The largest absolute Gasteiger partial charge is 0.463 e. The Hall–Kier alpha value is -1.03. The first kappa shape index (κ1) is 12.0. The van der Waals surface area contributed by atoms with Gasteiger partial charge in [-0.15, -0.1) is 0 Å². The smallest absolute Gasteiger partial charge is 0.351 e. The lowest BCUT2D eigenvalue weighted by Gasteiger charge is -2.07. The van der Waals surface area contributed by atoms with Crippen LogP contribution in [0.25, 0.3) is 0 Å². The molecule has 0 bridgehead atoms. The maximum atomic E-state index is 13.3. The maximum Gasteiger partial charge on any atom is 0.351 e. The molecule has 15 heavy (non-hydrogen) atoms. The summed E-state index contributed by atoms with van der Waals surface area (Å²) < 4.78 is 17.8. The molecule has 1 rings (SSSR count). The highest BCUT2D eigenvalue weighted by Crippen LogP contribution is 2.25. The lowest BCUT2D eigenvalue weighted by Crippen LogP contribution is -2.15. The van der Waals surface area contributed by atoms with Gasteiger partial charge in [0.15, 0.2) is 0 Å². The second kappa shape index (κ2) is 5.75. The third kappa shape index (κ3) is 3.91. The predicted octanol–water partition coefficient (Wildman–Crippen LogP) is 2.95. The third-order valence-electron chi connectivity index (χ3n) is 1.73. The Bertz CT molecular complexity index is 324. The van der Waals surface area contributed by atoms with Crippen molar-refractivity contribution in [3.63, 3.8) is 0 Å². The van der Waals surface area contributed by atoms with Gasteiger partial charge in [-0.3, -0.25) is 0 Å². The van der Waals surface area contributed by atoms with Crippen LogP contribution in [-0.4, -0.2) is 18.1 Å². The highest BCUT2D eigenvalue weighted by atomic mass is 32.2. The van der Waals surface area contributed by atoms with Crippen LogP contribution < -0.4 is 0 Å². The average Bonchev–Trinajstić information content (AvgIpc) is 2.22. The Morgan fingerprint density at radius 2 is 2.07 bits per heavy atom. The molecular formula is C11H13FO2S. The van der Waals surface area contributed by atoms with Crippen LogP contribution in [0.5, 0.6) is 0 Å². The summed E-state index contributed by atoms with van der Waals surface area (Å²) in [6.45, 7) is 3.81. The van der Waals surface area contributed by atoms with E-state index in [0.717, 1.165) is 22.2 Å². The van der Waals surface area contributed by atoms with Crippen molar-refractivity contribution in [2.24, 2.45) is 0 Å².